The van der Waals surface area contributed by atoms with Crippen LogP contribution in [0.15, 0.2) is 29.2 Å². The topological polar surface area (TPSA) is 75.7 Å². The number of amides is 1. The van der Waals surface area contributed by atoms with Crippen LogP contribution in [0.25, 0.3) is 0 Å². The number of carbonyl (C=O) groups is 1. The fourth-order valence-electron chi connectivity index (χ4n) is 2.85. The summed E-state index contributed by atoms with van der Waals surface area (Å²) in [7, 11) is -0.514. The van der Waals surface area contributed by atoms with Gasteiger partial charge in [0.05, 0.1) is 11.0 Å². The molecule has 0 saturated heterocycles. The molecule has 0 aromatic heterocycles. The second-order valence-corrected chi connectivity index (χ2v) is 8.70. The number of hydrogen-bond donors (Lipinski definition) is 1. The maximum absolute atomic E-state index is 12.1. The predicted molar refractivity (Wildman–Crippen MR) is 97.1 cm³/mol. The maximum atomic E-state index is 12.1. The summed E-state index contributed by atoms with van der Waals surface area (Å²) in [6.45, 7) is 1.20. The molecule has 0 aliphatic heterocycles. The molecule has 1 aromatic carbocycles. The van der Waals surface area contributed by atoms with Gasteiger partial charge in [-0.15, -0.1) is 0 Å². The number of nitrogens with one attached hydrogen (secondary N) is 1. The van der Waals surface area contributed by atoms with E-state index in [0.29, 0.717) is 24.8 Å². The van der Waals surface area contributed by atoms with Crippen LogP contribution in [0, 0.1) is 0 Å². The van der Waals surface area contributed by atoms with Gasteiger partial charge in [-0.2, -0.15) is 0 Å². The lowest BCUT2D eigenvalue weighted by molar-refractivity contribution is 0.0273. The second kappa shape index (κ2) is 9.31. The van der Waals surface area contributed by atoms with Crippen molar-refractivity contribution < 1.29 is 17.9 Å². The molecule has 1 aliphatic carbocycles. The van der Waals surface area contributed by atoms with E-state index in [1.807, 2.05) is 0 Å². The molecule has 0 spiro atoms. The minimum absolute atomic E-state index is 0.176. The third kappa shape index (κ3) is 5.80. The van der Waals surface area contributed by atoms with E-state index in [1.165, 1.54) is 57.6 Å². The molecule has 0 unspecified atom stereocenters. The van der Waals surface area contributed by atoms with Crippen molar-refractivity contribution in [3.05, 3.63) is 29.8 Å². The lowest BCUT2D eigenvalue weighted by atomic mass is 9.98. The number of ether oxygens (including phenoxy) is 1. The van der Waals surface area contributed by atoms with Crippen molar-refractivity contribution in [2.75, 3.05) is 27.2 Å². The Kier molecular flexibility index (Phi) is 7.40. The Bertz CT molecular complexity index is 650. The Morgan fingerprint density at radius 1 is 1.16 bits per heavy atom. The molecular formula is C18H28N2O4S. The molecular weight excluding hydrogens is 340 g/mol. The van der Waals surface area contributed by atoms with Crippen molar-refractivity contribution in [1.29, 1.82) is 0 Å². The molecule has 1 aromatic rings. The van der Waals surface area contributed by atoms with Crippen LogP contribution < -0.4 is 5.32 Å². The van der Waals surface area contributed by atoms with Crippen LogP contribution >= 0.6 is 0 Å². The molecule has 2 rings (SSSR count). The van der Waals surface area contributed by atoms with E-state index in [4.69, 9.17) is 4.74 Å². The van der Waals surface area contributed by atoms with Crippen LogP contribution in [-0.2, 0) is 14.8 Å². The summed E-state index contributed by atoms with van der Waals surface area (Å²) < 4.78 is 31.0. The van der Waals surface area contributed by atoms with Crippen molar-refractivity contribution >= 4 is 15.9 Å². The first-order valence-corrected chi connectivity index (χ1v) is 10.3. The zero-order valence-corrected chi connectivity index (χ0v) is 15.8. The van der Waals surface area contributed by atoms with Gasteiger partial charge in [-0.05, 0) is 43.5 Å². The van der Waals surface area contributed by atoms with E-state index >= 15 is 0 Å². The average Bonchev–Trinajstić information content (AvgIpc) is 2.62. The summed E-state index contributed by atoms with van der Waals surface area (Å²) in [6.07, 6.45) is 7.26. The molecule has 0 atom stereocenters. The molecule has 1 saturated carbocycles. The molecule has 0 heterocycles. The minimum atomic E-state index is -3.47. The summed E-state index contributed by atoms with van der Waals surface area (Å²) in [4.78, 5) is 12.3. The maximum Gasteiger partial charge on any atom is 0.251 e. The number of rotatable bonds is 8. The van der Waals surface area contributed by atoms with E-state index in [9.17, 15) is 13.2 Å². The van der Waals surface area contributed by atoms with E-state index < -0.39 is 10.0 Å². The Labute approximate surface area is 150 Å². The molecule has 140 valence electrons. The third-order valence-electron chi connectivity index (χ3n) is 4.41. The highest BCUT2D eigenvalue weighted by atomic mass is 32.2. The highest BCUT2D eigenvalue weighted by Crippen LogP contribution is 2.20. The first kappa shape index (κ1) is 19.9. The van der Waals surface area contributed by atoms with Crippen LogP contribution in [0.3, 0.4) is 0 Å². The zero-order valence-electron chi connectivity index (χ0n) is 15.0. The molecule has 1 N–H and O–H groups in total. The Hall–Kier alpha value is -1.44. The summed E-state index contributed by atoms with van der Waals surface area (Å²) in [5.74, 6) is -0.202. The molecule has 1 amide bonds. The lowest BCUT2D eigenvalue weighted by Crippen LogP contribution is -2.26. The quantitative estimate of drug-likeness (QED) is 0.715. The molecule has 7 heteroatoms. The SMILES string of the molecule is CN(C)S(=O)(=O)c1ccc(C(=O)NCCCOC2CCCCC2)cc1. The van der Waals surface area contributed by atoms with E-state index in [0.717, 1.165) is 23.6 Å². The monoisotopic (exact) mass is 368 g/mol. The van der Waals surface area contributed by atoms with Gasteiger partial charge < -0.3 is 10.1 Å². The molecule has 6 nitrogen and oxygen atoms in total. The molecule has 0 radical (unpaired) electrons. The minimum Gasteiger partial charge on any atom is -0.378 e. The van der Waals surface area contributed by atoms with Gasteiger partial charge in [0.15, 0.2) is 0 Å². The highest BCUT2D eigenvalue weighted by molar-refractivity contribution is 7.89. The summed E-state index contributed by atoms with van der Waals surface area (Å²) in [6, 6.07) is 5.97. The van der Waals surface area contributed by atoms with Crippen molar-refractivity contribution in [2.24, 2.45) is 0 Å². The number of nitrogens with zero attached hydrogens (tertiary/aromatic N) is 1. The van der Waals surface area contributed by atoms with Gasteiger partial charge in [0.1, 0.15) is 0 Å². The molecule has 1 fully saturated rings. The van der Waals surface area contributed by atoms with Gasteiger partial charge in [0, 0.05) is 32.8 Å². The molecule has 0 bridgehead atoms. The predicted octanol–water partition coefficient (Wildman–Crippen LogP) is 2.41. The van der Waals surface area contributed by atoms with Gasteiger partial charge in [0.25, 0.3) is 5.91 Å². The lowest BCUT2D eigenvalue weighted by Gasteiger charge is -2.21. The average molecular weight is 368 g/mol. The summed E-state index contributed by atoms with van der Waals surface area (Å²) in [5.41, 5.74) is 0.450. The summed E-state index contributed by atoms with van der Waals surface area (Å²) in [5, 5.41) is 2.84. The van der Waals surface area contributed by atoms with Gasteiger partial charge >= 0.3 is 0 Å². The Morgan fingerprint density at radius 2 is 1.80 bits per heavy atom. The van der Waals surface area contributed by atoms with Gasteiger partial charge in [-0.25, -0.2) is 12.7 Å². The third-order valence-corrected chi connectivity index (χ3v) is 6.24. The van der Waals surface area contributed by atoms with Crippen LogP contribution in [-0.4, -0.2) is 52.0 Å². The van der Waals surface area contributed by atoms with Crippen molar-refractivity contribution in [3.63, 3.8) is 0 Å². The number of benzene rings is 1. The second-order valence-electron chi connectivity index (χ2n) is 6.55. The van der Waals surface area contributed by atoms with E-state index in [2.05, 4.69) is 5.32 Å². The Balaban J connectivity index is 1.73. The fourth-order valence-corrected chi connectivity index (χ4v) is 3.75. The van der Waals surface area contributed by atoms with Crippen LogP contribution in [0.5, 0.6) is 0 Å². The Morgan fingerprint density at radius 3 is 2.40 bits per heavy atom. The largest absolute Gasteiger partial charge is 0.378 e. The highest BCUT2D eigenvalue weighted by Gasteiger charge is 2.17. The number of sulfonamides is 1. The zero-order chi connectivity index (χ0) is 18.3. The van der Waals surface area contributed by atoms with E-state index in [1.54, 1.807) is 0 Å². The first-order valence-electron chi connectivity index (χ1n) is 8.83. The van der Waals surface area contributed by atoms with Crippen LogP contribution in [0.4, 0.5) is 0 Å². The standard InChI is InChI=1S/C18H28N2O4S/c1-20(2)25(22,23)17-11-9-15(10-12-17)18(21)19-13-6-14-24-16-7-4-3-5-8-16/h9-12,16H,3-8,13-14H2,1-2H3,(H,19,21). The van der Waals surface area contributed by atoms with Gasteiger partial charge in [-0.1, -0.05) is 19.3 Å². The smallest absolute Gasteiger partial charge is 0.251 e. The van der Waals surface area contributed by atoms with Crippen molar-refractivity contribution in [2.45, 2.75) is 49.5 Å². The number of hydrogen-bond acceptors (Lipinski definition) is 4. The van der Waals surface area contributed by atoms with E-state index in [-0.39, 0.29) is 10.8 Å². The normalized spacial score (nSPS) is 16.1. The van der Waals surface area contributed by atoms with Gasteiger partial charge in [-0.3, -0.25) is 4.79 Å². The van der Waals surface area contributed by atoms with Gasteiger partial charge in [0.2, 0.25) is 10.0 Å². The van der Waals surface area contributed by atoms with Crippen molar-refractivity contribution in [1.82, 2.24) is 9.62 Å². The number of carbonyl (C=O) groups excluding carboxylic acids is 1. The van der Waals surface area contributed by atoms with Crippen LogP contribution in [0.2, 0.25) is 0 Å². The molecule has 25 heavy (non-hydrogen) atoms. The van der Waals surface area contributed by atoms with Crippen molar-refractivity contribution in [3.8, 4) is 0 Å². The first-order chi connectivity index (χ1) is 11.9. The summed E-state index contributed by atoms with van der Waals surface area (Å²) >= 11 is 0. The van der Waals surface area contributed by atoms with Crippen LogP contribution in [0.1, 0.15) is 48.9 Å². The fraction of sp³-hybridized carbons (Fsp3) is 0.611. The molecule has 1 aliphatic rings.